The lowest BCUT2D eigenvalue weighted by molar-refractivity contribution is -0.124. The lowest BCUT2D eigenvalue weighted by Crippen LogP contribution is -2.42. The van der Waals surface area contributed by atoms with Crippen LogP contribution in [-0.4, -0.2) is 18.6 Å². The van der Waals surface area contributed by atoms with Crippen molar-refractivity contribution in [2.24, 2.45) is 17.8 Å². The molecule has 0 radical (unpaired) electrons. The largest absolute Gasteiger partial charge is 0.484 e. The summed E-state index contributed by atoms with van der Waals surface area (Å²) in [6.07, 6.45) is 6.41. The summed E-state index contributed by atoms with van der Waals surface area (Å²) < 4.78 is 5.62. The molecular formula is C19H27NO2. The van der Waals surface area contributed by atoms with E-state index in [0.717, 1.165) is 24.0 Å². The maximum Gasteiger partial charge on any atom is 0.258 e. The molecule has 0 aliphatic heterocycles. The van der Waals surface area contributed by atoms with Gasteiger partial charge in [-0.15, -0.1) is 0 Å². The van der Waals surface area contributed by atoms with Gasteiger partial charge in [0.15, 0.2) is 6.61 Å². The van der Waals surface area contributed by atoms with Crippen molar-refractivity contribution >= 4 is 5.91 Å². The molecule has 2 aliphatic rings. The molecule has 2 bridgehead atoms. The number of fused-ring (bicyclic) bond motifs is 2. The summed E-state index contributed by atoms with van der Waals surface area (Å²) in [7, 11) is 0. The molecule has 1 amide bonds. The smallest absolute Gasteiger partial charge is 0.258 e. The minimum Gasteiger partial charge on any atom is -0.484 e. The molecule has 4 unspecified atom stereocenters. The van der Waals surface area contributed by atoms with Crippen LogP contribution < -0.4 is 10.1 Å². The fourth-order valence-electron chi connectivity index (χ4n) is 4.31. The molecule has 3 rings (SSSR count). The number of ether oxygens (including phenoxy) is 1. The molecule has 0 aromatic heterocycles. The van der Waals surface area contributed by atoms with Gasteiger partial charge in [0, 0.05) is 6.04 Å². The van der Waals surface area contributed by atoms with Crippen molar-refractivity contribution in [3.8, 4) is 5.75 Å². The summed E-state index contributed by atoms with van der Waals surface area (Å²) in [6, 6.07) is 8.24. The van der Waals surface area contributed by atoms with Crippen molar-refractivity contribution in [2.45, 2.75) is 52.0 Å². The third kappa shape index (κ3) is 3.45. The molecule has 2 fully saturated rings. The maximum atomic E-state index is 12.1. The minimum atomic E-state index is -0.00262. The molecule has 0 saturated heterocycles. The van der Waals surface area contributed by atoms with Crippen molar-refractivity contribution in [2.75, 3.05) is 6.61 Å². The Morgan fingerprint density at radius 1 is 1.36 bits per heavy atom. The van der Waals surface area contributed by atoms with Crippen LogP contribution in [0.15, 0.2) is 24.3 Å². The van der Waals surface area contributed by atoms with Gasteiger partial charge in [0.25, 0.3) is 5.91 Å². The Hall–Kier alpha value is -1.51. The number of hydrogen-bond donors (Lipinski definition) is 1. The van der Waals surface area contributed by atoms with E-state index in [1.165, 1.54) is 31.2 Å². The SMILES string of the molecule is CCc1cccc(OCC(=O)NC(C)C2CC3CCC2C3)c1. The molecule has 4 atom stereocenters. The number of amides is 1. The second-order valence-corrected chi connectivity index (χ2v) is 6.98. The van der Waals surface area contributed by atoms with Crippen molar-refractivity contribution in [3.63, 3.8) is 0 Å². The van der Waals surface area contributed by atoms with Crippen LogP contribution in [0.1, 0.15) is 45.1 Å². The Balaban J connectivity index is 1.46. The van der Waals surface area contributed by atoms with E-state index in [0.29, 0.717) is 5.92 Å². The highest BCUT2D eigenvalue weighted by Gasteiger charge is 2.42. The molecule has 22 heavy (non-hydrogen) atoms. The molecule has 120 valence electrons. The fraction of sp³-hybridized carbons (Fsp3) is 0.632. The van der Waals surface area contributed by atoms with Crippen molar-refractivity contribution < 1.29 is 9.53 Å². The van der Waals surface area contributed by atoms with Gasteiger partial charge in [-0.05, 0) is 68.1 Å². The topological polar surface area (TPSA) is 38.3 Å². The van der Waals surface area contributed by atoms with Crippen LogP contribution in [0.4, 0.5) is 0 Å². The Morgan fingerprint density at radius 2 is 2.23 bits per heavy atom. The van der Waals surface area contributed by atoms with Gasteiger partial charge < -0.3 is 10.1 Å². The Labute approximate surface area is 133 Å². The third-order valence-electron chi connectivity index (χ3n) is 5.50. The number of carbonyl (C=O) groups is 1. The van der Waals surface area contributed by atoms with Crippen molar-refractivity contribution in [3.05, 3.63) is 29.8 Å². The normalized spacial score (nSPS) is 27.6. The molecule has 1 N–H and O–H groups in total. The molecule has 1 aromatic carbocycles. The zero-order valence-electron chi connectivity index (χ0n) is 13.7. The summed E-state index contributed by atoms with van der Waals surface area (Å²) in [5, 5.41) is 3.14. The number of rotatable bonds is 6. The lowest BCUT2D eigenvalue weighted by Gasteiger charge is -2.28. The maximum absolute atomic E-state index is 12.1. The molecular weight excluding hydrogens is 274 g/mol. The van der Waals surface area contributed by atoms with Crippen LogP contribution in [0.3, 0.4) is 0 Å². The molecule has 2 aliphatic carbocycles. The highest BCUT2D eigenvalue weighted by atomic mass is 16.5. The highest BCUT2D eigenvalue weighted by Crippen LogP contribution is 2.49. The first-order valence-electron chi connectivity index (χ1n) is 8.66. The van der Waals surface area contributed by atoms with Gasteiger partial charge in [0.05, 0.1) is 0 Å². The monoisotopic (exact) mass is 301 g/mol. The number of aryl methyl sites for hydroxylation is 1. The highest BCUT2D eigenvalue weighted by molar-refractivity contribution is 5.77. The van der Waals surface area contributed by atoms with E-state index < -0.39 is 0 Å². The van der Waals surface area contributed by atoms with Gasteiger partial charge >= 0.3 is 0 Å². The van der Waals surface area contributed by atoms with E-state index >= 15 is 0 Å². The summed E-state index contributed by atoms with van der Waals surface area (Å²) in [4.78, 5) is 12.1. The Kier molecular flexibility index (Phi) is 4.70. The second kappa shape index (κ2) is 6.72. The summed E-state index contributed by atoms with van der Waals surface area (Å²) in [6.45, 7) is 4.38. The molecule has 1 aromatic rings. The molecule has 3 nitrogen and oxygen atoms in total. The molecule has 3 heteroatoms. The summed E-state index contributed by atoms with van der Waals surface area (Å²) in [5.41, 5.74) is 1.23. The fourth-order valence-corrected chi connectivity index (χ4v) is 4.31. The third-order valence-corrected chi connectivity index (χ3v) is 5.50. The van der Waals surface area contributed by atoms with E-state index in [2.05, 4.69) is 25.2 Å². The van der Waals surface area contributed by atoms with E-state index in [1.54, 1.807) is 0 Å². The number of nitrogens with one attached hydrogen (secondary N) is 1. The number of hydrogen-bond acceptors (Lipinski definition) is 2. The first kappa shape index (κ1) is 15.4. The van der Waals surface area contributed by atoms with Crippen LogP contribution >= 0.6 is 0 Å². The zero-order chi connectivity index (χ0) is 15.5. The van der Waals surface area contributed by atoms with Gasteiger partial charge in [-0.2, -0.15) is 0 Å². The van der Waals surface area contributed by atoms with Crippen molar-refractivity contribution in [1.29, 1.82) is 0 Å². The second-order valence-electron chi connectivity index (χ2n) is 6.98. The number of carbonyl (C=O) groups excluding carboxylic acids is 1. The van der Waals surface area contributed by atoms with Crippen LogP contribution in [0.2, 0.25) is 0 Å². The predicted molar refractivity (Wildman–Crippen MR) is 87.9 cm³/mol. The number of benzene rings is 1. The van der Waals surface area contributed by atoms with Crippen molar-refractivity contribution in [1.82, 2.24) is 5.32 Å². The van der Waals surface area contributed by atoms with Gasteiger partial charge in [-0.25, -0.2) is 0 Å². The predicted octanol–water partition coefficient (Wildman–Crippen LogP) is 3.57. The standard InChI is InChI=1S/C19H27NO2/c1-3-14-5-4-6-17(10-14)22-12-19(21)20-13(2)18-11-15-7-8-16(18)9-15/h4-6,10,13,15-16,18H,3,7-9,11-12H2,1-2H3,(H,20,21). The summed E-state index contributed by atoms with van der Waals surface area (Å²) in [5.74, 6) is 3.20. The van der Waals surface area contributed by atoms with E-state index in [1.807, 2.05) is 18.2 Å². The molecule has 0 spiro atoms. The Morgan fingerprint density at radius 3 is 2.91 bits per heavy atom. The molecule has 2 saturated carbocycles. The minimum absolute atomic E-state index is 0.00262. The zero-order valence-corrected chi connectivity index (χ0v) is 13.7. The lowest BCUT2D eigenvalue weighted by atomic mass is 9.84. The average Bonchev–Trinajstić information content (AvgIpc) is 3.16. The quantitative estimate of drug-likeness (QED) is 0.872. The van der Waals surface area contributed by atoms with E-state index in [9.17, 15) is 4.79 Å². The van der Waals surface area contributed by atoms with E-state index in [4.69, 9.17) is 4.74 Å². The van der Waals surface area contributed by atoms with Gasteiger partial charge in [-0.1, -0.05) is 25.5 Å². The van der Waals surface area contributed by atoms with Crippen LogP contribution in [0, 0.1) is 17.8 Å². The van der Waals surface area contributed by atoms with Crippen LogP contribution in [0.5, 0.6) is 5.75 Å². The van der Waals surface area contributed by atoms with Gasteiger partial charge in [-0.3, -0.25) is 4.79 Å². The van der Waals surface area contributed by atoms with Gasteiger partial charge in [0.1, 0.15) is 5.75 Å². The average molecular weight is 301 g/mol. The first-order chi connectivity index (χ1) is 10.7. The summed E-state index contributed by atoms with van der Waals surface area (Å²) >= 11 is 0. The van der Waals surface area contributed by atoms with Gasteiger partial charge in [0.2, 0.25) is 0 Å². The van der Waals surface area contributed by atoms with Crippen LogP contribution in [0.25, 0.3) is 0 Å². The Bertz CT molecular complexity index is 528. The molecule has 0 heterocycles. The van der Waals surface area contributed by atoms with E-state index in [-0.39, 0.29) is 18.6 Å². The first-order valence-corrected chi connectivity index (χ1v) is 8.66. The van der Waals surface area contributed by atoms with Crippen LogP contribution in [-0.2, 0) is 11.2 Å².